The molecule has 3 rings (SSSR count). The lowest BCUT2D eigenvalue weighted by molar-refractivity contribution is -0.135. The summed E-state index contributed by atoms with van der Waals surface area (Å²) in [6.45, 7) is 0.496. The molecule has 1 heterocycles. The van der Waals surface area contributed by atoms with Crippen molar-refractivity contribution in [2.45, 2.75) is 51.2 Å². The molecule has 6 nitrogen and oxygen atoms in total. The van der Waals surface area contributed by atoms with Crippen LogP contribution in [0.3, 0.4) is 0 Å². The molecule has 0 radical (unpaired) electrons. The van der Waals surface area contributed by atoms with Gasteiger partial charge < -0.3 is 4.90 Å². The van der Waals surface area contributed by atoms with E-state index in [1.807, 2.05) is 11.0 Å². The molecular weight excluding hydrogens is 321 g/mol. The van der Waals surface area contributed by atoms with Gasteiger partial charge in [0, 0.05) is 12.6 Å². The summed E-state index contributed by atoms with van der Waals surface area (Å²) in [6.07, 6.45) is 6.78. The summed E-state index contributed by atoms with van der Waals surface area (Å²) >= 11 is 0. The molecule has 0 unspecified atom stereocenters. The van der Waals surface area contributed by atoms with E-state index >= 15 is 0 Å². The number of carbonyl (C=O) groups is 1. The van der Waals surface area contributed by atoms with Crippen LogP contribution in [0.5, 0.6) is 0 Å². The van der Waals surface area contributed by atoms with Crippen molar-refractivity contribution in [3.05, 3.63) is 47.8 Å². The number of carbonyl (C=O) groups excluding carboxylic acids is 1. The summed E-state index contributed by atoms with van der Waals surface area (Å²) in [6, 6.07) is 8.28. The molecule has 7 heteroatoms. The lowest BCUT2D eigenvalue weighted by atomic mass is 9.93. The first-order valence-corrected chi connectivity index (χ1v) is 8.49. The molecule has 0 atom stereocenters. The molecule has 1 saturated carbocycles. The topological polar surface area (TPSA) is 74.8 Å². The Bertz CT molecular complexity index is 759. The molecule has 0 N–H and O–H groups in total. The van der Waals surface area contributed by atoms with Crippen LogP contribution in [0.25, 0.3) is 0 Å². The van der Waals surface area contributed by atoms with E-state index in [-0.39, 0.29) is 30.1 Å². The highest BCUT2D eigenvalue weighted by molar-refractivity contribution is 5.76. The first kappa shape index (κ1) is 17.1. The molecule has 1 aliphatic rings. The zero-order valence-electron chi connectivity index (χ0n) is 13.9. The number of nitriles is 1. The van der Waals surface area contributed by atoms with Gasteiger partial charge in [-0.3, -0.25) is 4.79 Å². The number of nitrogens with zero attached hydrogens (tertiary/aromatic N) is 5. The van der Waals surface area contributed by atoms with Crippen molar-refractivity contribution in [1.82, 2.24) is 19.7 Å². The van der Waals surface area contributed by atoms with Crippen LogP contribution < -0.4 is 0 Å². The van der Waals surface area contributed by atoms with E-state index in [2.05, 4.69) is 10.1 Å². The van der Waals surface area contributed by atoms with Crippen molar-refractivity contribution in [2.75, 3.05) is 0 Å². The minimum atomic E-state index is -0.286. The average Bonchev–Trinajstić information content (AvgIpc) is 3.09. The molecule has 0 spiro atoms. The largest absolute Gasteiger partial charge is 0.334 e. The second kappa shape index (κ2) is 7.88. The maximum atomic E-state index is 13.1. The van der Waals surface area contributed by atoms with Crippen molar-refractivity contribution in [3.63, 3.8) is 0 Å². The van der Waals surface area contributed by atoms with Gasteiger partial charge in [0.1, 0.15) is 24.8 Å². The molecule has 1 aromatic carbocycles. The van der Waals surface area contributed by atoms with Crippen LogP contribution in [-0.4, -0.2) is 31.6 Å². The zero-order chi connectivity index (χ0) is 17.6. The van der Waals surface area contributed by atoms with E-state index in [0.29, 0.717) is 6.54 Å². The highest BCUT2D eigenvalue weighted by Gasteiger charge is 2.26. The fraction of sp³-hybridized carbons (Fsp3) is 0.444. The summed E-state index contributed by atoms with van der Waals surface area (Å²) in [5, 5.41) is 12.8. The molecule has 0 saturated heterocycles. The maximum Gasteiger partial charge on any atom is 0.252 e. The van der Waals surface area contributed by atoms with Gasteiger partial charge in [0.2, 0.25) is 5.91 Å². The molecule has 1 amide bonds. The molecule has 0 aliphatic heterocycles. The van der Waals surface area contributed by atoms with Crippen LogP contribution in [-0.2, 0) is 17.9 Å². The average molecular weight is 341 g/mol. The van der Waals surface area contributed by atoms with Gasteiger partial charge >= 0.3 is 0 Å². The van der Waals surface area contributed by atoms with Gasteiger partial charge in [0.25, 0.3) is 5.82 Å². The third-order valence-electron chi connectivity index (χ3n) is 4.54. The fourth-order valence-corrected chi connectivity index (χ4v) is 3.25. The lowest BCUT2D eigenvalue weighted by Gasteiger charge is -2.34. The van der Waals surface area contributed by atoms with Crippen LogP contribution >= 0.6 is 0 Å². The Morgan fingerprint density at radius 2 is 2.00 bits per heavy atom. The monoisotopic (exact) mass is 341 g/mol. The van der Waals surface area contributed by atoms with Crippen molar-refractivity contribution in [2.24, 2.45) is 0 Å². The van der Waals surface area contributed by atoms with Gasteiger partial charge in [-0.1, -0.05) is 31.4 Å². The fourth-order valence-electron chi connectivity index (χ4n) is 3.25. The SMILES string of the molecule is N#Cc1ncn(CC(=O)N(Cc2ccc(F)cc2)C2CCCCC2)n1. The molecule has 1 fully saturated rings. The zero-order valence-corrected chi connectivity index (χ0v) is 13.9. The molecule has 0 bridgehead atoms. The van der Waals surface area contributed by atoms with Gasteiger partial charge in [-0.2, -0.15) is 5.26 Å². The van der Waals surface area contributed by atoms with Crippen LogP contribution in [0.1, 0.15) is 43.5 Å². The quantitative estimate of drug-likeness (QED) is 0.838. The van der Waals surface area contributed by atoms with Crippen molar-refractivity contribution in [1.29, 1.82) is 5.26 Å². The number of rotatable bonds is 5. The van der Waals surface area contributed by atoms with E-state index in [1.165, 1.54) is 29.6 Å². The number of aromatic nitrogens is 3. The van der Waals surface area contributed by atoms with Gasteiger partial charge in [0.05, 0.1) is 0 Å². The summed E-state index contributed by atoms with van der Waals surface area (Å²) < 4.78 is 14.5. The van der Waals surface area contributed by atoms with E-state index in [4.69, 9.17) is 5.26 Å². The standard InChI is InChI=1S/C18H20FN5O/c19-15-8-6-14(7-9-15)11-24(16-4-2-1-3-5-16)18(25)12-23-13-21-17(10-20)22-23/h6-9,13,16H,1-5,11-12H2. The van der Waals surface area contributed by atoms with Crippen molar-refractivity contribution >= 4 is 5.91 Å². The Morgan fingerprint density at radius 3 is 2.64 bits per heavy atom. The molecule has 1 aromatic heterocycles. The molecule has 25 heavy (non-hydrogen) atoms. The highest BCUT2D eigenvalue weighted by atomic mass is 19.1. The van der Waals surface area contributed by atoms with E-state index in [9.17, 15) is 9.18 Å². The third kappa shape index (κ3) is 4.41. The van der Waals surface area contributed by atoms with E-state index in [0.717, 1.165) is 31.2 Å². The molecule has 130 valence electrons. The Labute approximate surface area is 145 Å². The van der Waals surface area contributed by atoms with Crippen LogP contribution in [0.2, 0.25) is 0 Å². The van der Waals surface area contributed by atoms with Gasteiger partial charge in [-0.25, -0.2) is 14.1 Å². The Kier molecular flexibility index (Phi) is 5.39. The van der Waals surface area contributed by atoms with Gasteiger partial charge in [0.15, 0.2) is 0 Å². The third-order valence-corrected chi connectivity index (χ3v) is 4.54. The number of hydrogen-bond donors (Lipinski definition) is 0. The summed E-state index contributed by atoms with van der Waals surface area (Å²) in [7, 11) is 0. The van der Waals surface area contributed by atoms with Crippen LogP contribution in [0.15, 0.2) is 30.6 Å². The van der Waals surface area contributed by atoms with Crippen LogP contribution in [0, 0.1) is 17.1 Å². The maximum absolute atomic E-state index is 13.1. The smallest absolute Gasteiger partial charge is 0.252 e. The second-order valence-electron chi connectivity index (χ2n) is 6.32. The lowest BCUT2D eigenvalue weighted by Crippen LogP contribution is -2.42. The van der Waals surface area contributed by atoms with Crippen LogP contribution in [0.4, 0.5) is 4.39 Å². The minimum Gasteiger partial charge on any atom is -0.334 e. The second-order valence-corrected chi connectivity index (χ2v) is 6.32. The minimum absolute atomic E-state index is 0.0480. The summed E-state index contributed by atoms with van der Waals surface area (Å²) in [5.74, 6) is -0.299. The number of hydrogen-bond acceptors (Lipinski definition) is 4. The Hall–Kier alpha value is -2.75. The van der Waals surface area contributed by atoms with Gasteiger partial charge in [-0.15, -0.1) is 5.10 Å². The molecular formula is C18H20FN5O. The number of benzene rings is 1. The highest BCUT2D eigenvalue weighted by Crippen LogP contribution is 2.24. The molecule has 2 aromatic rings. The first-order chi connectivity index (χ1) is 12.2. The van der Waals surface area contributed by atoms with E-state index < -0.39 is 0 Å². The Balaban J connectivity index is 1.75. The predicted octanol–water partition coefficient (Wildman–Crippen LogP) is 2.65. The number of halogens is 1. The summed E-state index contributed by atoms with van der Waals surface area (Å²) in [5.41, 5.74) is 0.900. The number of amides is 1. The normalized spacial score (nSPS) is 14.9. The summed E-state index contributed by atoms with van der Waals surface area (Å²) in [4.78, 5) is 18.6. The van der Waals surface area contributed by atoms with Crippen molar-refractivity contribution < 1.29 is 9.18 Å². The molecule has 1 aliphatic carbocycles. The Morgan fingerprint density at radius 1 is 1.28 bits per heavy atom. The predicted molar refractivity (Wildman–Crippen MR) is 88.6 cm³/mol. The van der Waals surface area contributed by atoms with Crippen molar-refractivity contribution in [3.8, 4) is 6.07 Å². The first-order valence-electron chi connectivity index (χ1n) is 8.49. The van der Waals surface area contributed by atoms with E-state index in [1.54, 1.807) is 12.1 Å². The van der Waals surface area contributed by atoms with Gasteiger partial charge in [-0.05, 0) is 30.5 Å².